The van der Waals surface area contributed by atoms with Crippen molar-refractivity contribution in [2.75, 3.05) is 12.0 Å². The van der Waals surface area contributed by atoms with Gasteiger partial charge in [0.25, 0.3) is 0 Å². The Morgan fingerprint density at radius 2 is 1.61 bits per heavy atom. The van der Waals surface area contributed by atoms with Crippen molar-refractivity contribution in [1.82, 2.24) is 0 Å². The Balaban J connectivity index is 1.56. The van der Waals surface area contributed by atoms with Gasteiger partial charge in [0.15, 0.2) is 17.3 Å². The lowest BCUT2D eigenvalue weighted by Gasteiger charge is -2.37. The molecule has 4 aromatic carbocycles. The molecule has 202 valence electrons. The molecule has 41 heavy (non-hydrogen) atoms. The highest BCUT2D eigenvalue weighted by molar-refractivity contribution is 6.34. The van der Waals surface area contributed by atoms with E-state index in [0.717, 1.165) is 0 Å². The molecule has 0 N–H and O–H groups in total. The van der Waals surface area contributed by atoms with Gasteiger partial charge in [0.2, 0.25) is 0 Å². The third-order valence-corrected chi connectivity index (χ3v) is 8.97. The summed E-state index contributed by atoms with van der Waals surface area (Å²) in [5.41, 5.74) is 0.952. The van der Waals surface area contributed by atoms with E-state index in [1.807, 2.05) is 4.90 Å². The Hall–Kier alpha value is -4.55. The van der Waals surface area contributed by atoms with Crippen LogP contribution in [0.25, 0.3) is 6.08 Å². The number of ether oxygens (including phenoxy) is 1. The standard InChI is InChI=1S/C34H23ClFNO4/c1-41-22-8-6-7-20(18-22)31(38)30-29(25-11-4-5-12-26(25)35)34(32(39)23-9-2-3-10-24(23)33(34)40)28-16-13-19-17-21(36)14-15-27(19)37(28)30/h2-18,28-30H,1H3/t28-,29-,30+/m1/s1. The number of rotatable bonds is 4. The van der Waals surface area contributed by atoms with Gasteiger partial charge >= 0.3 is 0 Å². The van der Waals surface area contributed by atoms with E-state index in [-0.39, 0.29) is 17.3 Å². The molecule has 1 fully saturated rings. The van der Waals surface area contributed by atoms with Gasteiger partial charge in [0.05, 0.1) is 13.2 Å². The molecule has 7 heteroatoms. The van der Waals surface area contributed by atoms with E-state index in [0.29, 0.717) is 44.3 Å². The maximum absolute atomic E-state index is 14.7. The van der Waals surface area contributed by atoms with E-state index in [1.165, 1.54) is 19.2 Å². The Morgan fingerprint density at radius 3 is 2.32 bits per heavy atom. The summed E-state index contributed by atoms with van der Waals surface area (Å²) in [6.07, 6.45) is 3.49. The first-order chi connectivity index (χ1) is 19.9. The molecule has 3 atom stereocenters. The summed E-state index contributed by atoms with van der Waals surface area (Å²) in [5.74, 6) is -1.90. The minimum absolute atomic E-state index is 0.308. The second-order valence-corrected chi connectivity index (χ2v) is 10.9. The van der Waals surface area contributed by atoms with Gasteiger partial charge in [-0.05, 0) is 42.0 Å². The molecular weight excluding hydrogens is 541 g/mol. The van der Waals surface area contributed by atoms with Crippen molar-refractivity contribution in [2.45, 2.75) is 18.0 Å². The SMILES string of the molecule is COc1cccc(C(=O)[C@@H]2[C@@H](c3ccccc3Cl)C3(C(=O)c4ccccc4C3=O)[C@H]3C=Cc4cc(F)ccc4N23)c1. The number of Topliss-reactive ketones (excluding diaryl/α,β-unsaturated/α-hetero) is 3. The van der Waals surface area contributed by atoms with Crippen molar-refractivity contribution in [1.29, 1.82) is 0 Å². The van der Waals surface area contributed by atoms with Crippen LogP contribution >= 0.6 is 11.6 Å². The van der Waals surface area contributed by atoms with Gasteiger partial charge in [-0.1, -0.05) is 78.4 Å². The topological polar surface area (TPSA) is 63.7 Å². The molecule has 0 unspecified atom stereocenters. The number of benzene rings is 4. The van der Waals surface area contributed by atoms with Gasteiger partial charge in [0, 0.05) is 38.9 Å². The predicted molar refractivity (Wildman–Crippen MR) is 155 cm³/mol. The zero-order chi connectivity index (χ0) is 28.5. The van der Waals surface area contributed by atoms with Crippen LogP contribution in [-0.2, 0) is 0 Å². The maximum atomic E-state index is 14.7. The summed E-state index contributed by atoms with van der Waals surface area (Å²) in [6, 6.07) is 23.1. The molecule has 2 aliphatic heterocycles. The van der Waals surface area contributed by atoms with Crippen molar-refractivity contribution in [2.24, 2.45) is 5.41 Å². The molecular formula is C34H23ClFNO4. The number of nitrogens with zero attached hydrogens (tertiary/aromatic N) is 1. The summed E-state index contributed by atoms with van der Waals surface area (Å²) in [5, 5.41) is 0.347. The first kappa shape index (κ1) is 25.4. The number of methoxy groups -OCH3 is 1. The number of carbonyl (C=O) groups is 3. The molecule has 0 bridgehead atoms. The van der Waals surface area contributed by atoms with Gasteiger partial charge in [-0.2, -0.15) is 0 Å². The van der Waals surface area contributed by atoms with Crippen LogP contribution < -0.4 is 9.64 Å². The fraction of sp³-hybridized carbons (Fsp3) is 0.147. The summed E-state index contributed by atoms with van der Waals surface area (Å²) in [7, 11) is 1.52. The van der Waals surface area contributed by atoms with E-state index in [9.17, 15) is 18.8 Å². The van der Waals surface area contributed by atoms with E-state index < -0.39 is 29.2 Å². The van der Waals surface area contributed by atoms with Crippen LogP contribution in [0, 0.1) is 11.2 Å². The lowest BCUT2D eigenvalue weighted by atomic mass is 9.64. The number of hydrogen-bond acceptors (Lipinski definition) is 5. The normalized spacial score (nSPS) is 21.5. The first-order valence-corrected chi connectivity index (χ1v) is 13.6. The van der Waals surface area contributed by atoms with Crippen molar-refractivity contribution in [3.63, 3.8) is 0 Å². The average Bonchev–Trinajstić information content (AvgIpc) is 3.43. The maximum Gasteiger partial charge on any atom is 0.186 e. The monoisotopic (exact) mass is 563 g/mol. The molecule has 3 aliphatic rings. The van der Waals surface area contributed by atoms with Crippen LogP contribution in [0.15, 0.2) is 97.1 Å². The molecule has 0 amide bonds. The van der Waals surface area contributed by atoms with Crippen LogP contribution in [-0.4, -0.2) is 36.5 Å². The van der Waals surface area contributed by atoms with Gasteiger partial charge in [-0.25, -0.2) is 4.39 Å². The van der Waals surface area contributed by atoms with Crippen LogP contribution in [0.4, 0.5) is 10.1 Å². The van der Waals surface area contributed by atoms with E-state index >= 15 is 0 Å². The van der Waals surface area contributed by atoms with Crippen molar-refractivity contribution < 1.29 is 23.5 Å². The average molecular weight is 564 g/mol. The summed E-state index contributed by atoms with van der Waals surface area (Å²) in [6.45, 7) is 0. The highest BCUT2D eigenvalue weighted by Crippen LogP contribution is 2.61. The molecule has 0 saturated carbocycles. The smallest absolute Gasteiger partial charge is 0.186 e. The summed E-state index contributed by atoms with van der Waals surface area (Å²) >= 11 is 6.81. The Bertz CT molecular complexity index is 1780. The summed E-state index contributed by atoms with van der Waals surface area (Å²) < 4.78 is 19.8. The fourth-order valence-corrected chi connectivity index (χ4v) is 7.22. The van der Waals surface area contributed by atoms with Gasteiger partial charge in [-0.3, -0.25) is 14.4 Å². The molecule has 5 nitrogen and oxygen atoms in total. The van der Waals surface area contributed by atoms with Crippen molar-refractivity contribution in [3.8, 4) is 5.75 Å². The van der Waals surface area contributed by atoms with Gasteiger partial charge in [-0.15, -0.1) is 0 Å². The number of anilines is 1. The number of hydrogen-bond donors (Lipinski definition) is 0. The van der Waals surface area contributed by atoms with E-state index in [1.54, 1.807) is 91.0 Å². The third kappa shape index (κ3) is 3.44. The lowest BCUT2D eigenvalue weighted by molar-refractivity contribution is 0.0666. The summed E-state index contributed by atoms with van der Waals surface area (Å²) in [4.78, 5) is 45.8. The van der Waals surface area contributed by atoms with Gasteiger partial charge < -0.3 is 9.64 Å². The number of halogens is 2. The molecule has 1 spiro atoms. The minimum atomic E-state index is -1.68. The van der Waals surface area contributed by atoms with Crippen molar-refractivity contribution in [3.05, 3.63) is 136 Å². The molecule has 2 heterocycles. The molecule has 1 aliphatic carbocycles. The third-order valence-electron chi connectivity index (χ3n) is 8.63. The van der Waals surface area contributed by atoms with E-state index in [4.69, 9.17) is 16.3 Å². The predicted octanol–water partition coefficient (Wildman–Crippen LogP) is 6.80. The molecule has 0 radical (unpaired) electrons. The Kier molecular flexibility index (Phi) is 5.73. The van der Waals surface area contributed by atoms with E-state index in [2.05, 4.69) is 0 Å². The van der Waals surface area contributed by atoms with Crippen LogP contribution in [0.2, 0.25) is 5.02 Å². The van der Waals surface area contributed by atoms with Crippen molar-refractivity contribution >= 4 is 40.7 Å². The fourth-order valence-electron chi connectivity index (χ4n) is 6.97. The Labute approximate surface area is 240 Å². The van der Waals surface area contributed by atoms with Crippen LogP contribution in [0.3, 0.4) is 0 Å². The molecule has 0 aromatic heterocycles. The number of fused-ring (bicyclic) bond motifs is 5. The minimum Gasteiger partial charge on any atom is -0.497 e. The highest BCUT2D eigenvalue weighted by atomic mass is 35.5. The number of ketones is 3. The highest BCUT2D eigenvalue weighted by Gasteiger charge is 2.71. The van der Waals surface area contributed by atoms with Crippen LogP contribution in [0.5, 0.6) is 5.75 Å². The lowest BCUT2D eigenvalue weighted by Crippen LogP contribution is -2.48. The van der Waals surface area contributed by atoms with Gasteiger partial charge in [0.1, 0.15) is 23.0 Å². The largest absolute Gasteiger partial charge is 0.497 e. The molecule has 7 rings (SSSR count). The molecule has 1 saturated heterocycles. The zero-order valence-corrected chi connectivity index (χ0v) is 22.6. The quantitative estimate of drug-likeness (QED) is 0.202. The number of carbonyl (C=O) groups excluding carboxylic acids is 3. The Morgan fingerprint density at radius 1 is 0.902 bits per heavy atom. The van der Waals surface area contributed by atoms with Crippen LogP contribution in [0.1, 0.15) is 48.1 Å². The first-order valence-electron chi connectivity index (χ1n) is 13.3. The zero-order valence-electron chi connectivity index (χ0n) is 21.9. The second kappa shape index (κ2) is 9.25. The molecule has 4 aromatic rings. The second-order valence-electron chi connectivity index (χ2n) is 10.5.